The van der Waals surface area contributed by atoms with Crippen molar-refractivity contribution in [3.05, 3.63) is 35.0 Å². The summed E-state index contributed by atoms with van der Waals surface area (Å²) in [7, 11) is 0. The molecular formula is C22H24ClN5O3S. The van der Waals surface area contributed by atoms with Crippen LogP contribution >= 0.6 is 23.4 Å². The normalized spacial score (nSPS) is 17.7. The molecule has 0 aliphatic carbocycles. The van der Waals surface area contributed by atoms with E-state index in [0.717, 1.165) is 52.7 Å². The van der Waals surface area contributed by atoms with Crippen molar-refractivity contribution in [2.24, 2.45) is 5.92 Å². The van der Waals surface area contributed by atoms with Crippen LogP contribution in [0.1, 0.15) is 18.4 Å². The van der Waals surface area contributed by atoms with E-state index < -0.39 is 6.61 Å². The van der Waals surface area contributed by atoms with Crippen molar-refractivity contribution in [3.8, 4) is 5.75 Å². The van der Waals surface area contributed by atoms with Gasteiger partial charge in [0.05, 0.1) is 17.1 Å². The first-order valence-electron chi connectivity index (χ1n) is 10.7. The number of aliphatic hydroxyl groups is 1. The largest absolute Gasteiger partial charge is 0.493 e. The number of nitrogen functional groups attached to an aromatic ring is 1. The lowest BCUT2D eigenvalue weighted by molar-refractivity contribution is -0.133. The van der Waals surface area contributed by atoms with Gasteiger partial charge in [0.25, 0.3) is 0 Å². The third-order valence-corrected chi connectivity index (χ3v) is 7.62. The molecule has 1 atom stereocenters. The summed E-state index contributed by atoms with van der Waals surface area (Å²) < 4.78 is 7.87. The number of halogens is 1. The quantitative estimate of drug-likeness (QED) is 0.566. The van der Waals surface area contributed by atoms with Crippen LogP contribution < -0.4 is 10.5 Å². The van der Waals surface area contributed by atoms with Gasteiger partial charge in [0, 0.05) is 37.1 Å². The van der Waals surface area contributed by atoms with E-state index >= 15 is 0 Å². The number of pyridine rings is 1. The van der Waals surface area contributed by atoms with Crippen LogP contribution in [-0.2, 0) is 17.8 Å². The second-order valence-electron chi connectivity index (χ2n) is 8.14. The monoisotopic (exact) mass is 473 g/mol. The fourth-order valence-electron chi connectivity index (χ4n) is 4.40. The molecule has 0 radical (unpaired) electrons. The number of anilines is 1. The molecule has 0 bridgehead atoms. The van der Waals surface area contributed by atoms with Crippen LogP contribution in [0.2, 0.25) is 5.02 Å². The molecule has 2 aliphatic heterocycles. The third kappa shape index (κ3) is 4.00. The van der Waals surface area contributed by atoms with E-state index in [4.69, 9.17) is 32.2 Å². The van der Waals surface area contributed by atoms with E-state index in [-0.39, 0.29) is 5.91 Å². The fourth-order valence-corrected chi connectivity index (χ4v) is 5.66. The van der Waals surface area contributed by atoms with Crippen molar-refractivity contribution in [2.45, 2.75) is 35.9 Å². The number of fused-ring (bicyclic) bond motifs is 2. The minimum Gasteiger partial charge on any atom is -0.493 e. The minimum absolute atomic E-state index is 0.204. The Balaban J connectivity index is 1.42. The number of nitrogens with zero attached hydrogens (tertiary/aromatic N) is 4. The number of aryl methyl sites for hydroxylation is 1. The van der Waals surface area contributed by atoms with Crippen LogP contribution in [0.3, 0.4) is 0 Å². The molecule has 0 saturated carbocycles. The van der Waals surface area contributed by atoms with Crippen molar-refractivity contribution in [1.29, 1.82) is 0 Å². The number of aliphatic hydroxyl groups excluding tert-OH is 1. The summed E-state index contributed by atoms with van der Waals surface area (Å²) in [6.45, 7) is 2.34. The average Bonchev–Trinajstić information content (AvgIpc) is 3.51. The van der Waals surface area contributed by atoms with E-state index in [0.29, 0.717) is 42.0 Å². The number of carbonyl (C=O) groups is 1. The summed E-state index contributed by atoms with van der Waals surface area (Å²) in [5.74, 6) is 1.44. The van der Waals surface area contributed by atoms with Gasteiger partial charge in [-0.2, -0.15) is 0 Å². The van der Waals surface area contributed by atoms with Gasteiger partial charge in [-0.15, -0.1) is 0 Å². The Kier molecular flexibility index (Phi) is 5.88. The van der Waals surface area contributed by atoms with Crippen molar-refractivity contribution >= 4 is 46.1 Å². The first kappa shape index (κ1) is 21.4. The maximum absolute atomic E-state index is 11.8. The molecule has 4 heterocycles. The predicted molar refractivity (Wildman–Crippen MR) is 123 cm³/mol. The summed E-state index contributed by atoms with van der Waals surface area (Å²) in [4.78, 5) is 23.4. The first-order valence-corrected chi connectivity index (χ1v) is 11.9. The molecule has 8 nitrogen and oxygen atoms in total. The van der Waals surface area contributed by atoms with Gasteiger partial charge in [-0.3, -0.25) is 4.79 Å². The first-order chi connectivity index (χ1) is 15.5. The molecule has 10 heteroatoms. The highest BCUT2D eigenvalue weighted by Crippen LogP contribution is 2.40. The number of aromatic nitrogens is 3. The van der Waals surface area contributed by atoms with Gasteiger partial charge >= 0.3 is 0 Å². The average molecular weight is 474 g/mol. The Morgan fingerprint density at radius 1 is 1.41 bits per heavy atom. The lowest BCUT2D eigenvalue weighted by Crippen LogP contribution is -2.31. The van der Waals surface area contributed by atoms with Gasteiger partial charge in [0.1, 0.15) is 17.9 Å². The van der Waals surface area contributed by atoms with E-state index in [2.05, 4.69) is 9.55 Å². The maximum atomic E-state index is 11.8. The van der Waals surface area contributed by atoms with E-state index in [1.54, 1.807) is 11.1 Å². The number of hydrogen-bond acceptors (Lipinski definition) is 7. The van der Waals surface area contributed by atoms with Crippen molar-refractivity contribution in [3.63, 3.8) is 0 Å². The molecule has 1 fully saturated rings. The second kappa shape index (κ2) is 8.80. The number of likely N-dealkylation sites (tertiary alicyclic amines) is 1. The zero-order valence-corrected chi connectivity index (χ0v) is 19.0. The highest BCUT2D eigenvalue weighted by atomic mass is 35.5. The Bertz CT molecular complexity index is 1180. The Labute approximate surface area is 194 Å². The Morgan fingerprint density at radius 3 is 3.12 bits per heavy atom. The minimum atomic E-state index is -0.433. The summed E-state index contributed by atoms with van der Waals surface area (Å²) in [6.07, 6.45) is 4.38. The molecular weight excluding hydrogens is 450 g/mol. The van der Waals surface area contributed by atoms with Gasteiger partial charge in [-0.05, 0) is 54.3 Å². The maximum Gasteiger partial charge on any atom is 0.248 e. The van der Waals surface area contributed by atoms with E-state index in [1.807, 2.05) is 18.2 Å². The summed E-state index contributed by atoms with van der Waals surface area (Å²) in [6, 6.07) is 5.88. The van der Waals surface area contributed by atoms with E-state index in [1.165, 1.54) is 11.8 Å². The van der Waals surface area contributed by atoms with E-state index in [9.17, 15) is 4.79 Å². The van der Waals surface area contributed by atoms with Crippen LogP contribution in [-0.4, -0.2) is 56.8 Å². The number of rotatable bonds is 6. The number of ether oxygens (including phenoxy) is 1. The standard InChI is InChI=1S/C22H24ClN5O3S/c23-15-9-14-4-8-31-17(14)10-18(15)32-22-26-20-16(1-5-25-21(20)24)28(22)7-3-13-2-6-27(11-13)19(30)12-29/h1,5,9-10,13,29H,2-4,6-8,11-12H2,(H2,24,25). The Hall–Kier alpha value is -2.49. The summed E-state index contributed by atoms with van der Waals surface area (Å²) in [5.41, 5.74) is 8.84. The van der Waals surface area contributed by atoms with Crippen molar-refractivity contribution in [1.82, 2.24) is 19.4 Å². The molecule has 2 aromatic heterocycles. The van der Waals surface area contributed by atoms with Crippen LogP contribution in [0.5, 0.6) is 5.75 Å². The van der Waals surface area contributed by atoms with Gasteiger partial charge < -0.3 is 25.0 Å². The highest BCUT2D eigenvalue weighted by Gasteiger charge is 2.26. The molecule has 32 heavy (non-hydrogen) atoms. The second-order valence-corrected chi connectivity index (χ2v) is 9.56. The topological polar surface area (TPSA) is 107 Å². The van der Waals surface area contributed by atoms with Crippen LogP contribution in [0.25, 0.3) is 11.0 Å². The summed E-state index contributed by atoms with van der Waals surface area (Å²) >= 11 is 8.06. The number of nitrogens with two attached hydrogens (primary N) is 1. The Morgan fingerprint density at radius 2 is 2.28 bits per heavy atom. The zero-order chi connectivity index (χ0) is 22.2. The molecule has 3 aromatic rings. The van der Waals surface area contributed by atoms with Gasteiger partial charge in [0.15, 0.2) is 11.0 Å². The van der Waals surface area contributed by atoms with Crippen molar-refractivity contribution in [2.75, 3.05) is 32.0 Å². The molecule has 168 valence electrons. The lowest BCUT2D eigenvalue weighted by Gasteiger charge is -2.16. The fraction of sp³-hybridized carbons (Fsp3) is 0.409. The molecule has 1 unspecified atom stereocenters. The van der Waals surface area contributed by atoms with Gasteiger partial charge in [-0.25, -0.2) is 9.97 Å². The van der Waals surface area contributed by atoms with Crippen LogP contribution in [0.4, 0.5) is 5.82 Å². The SMILES string of the molecule is Nc1nccc2c1nc(Sc1cc3c(cc1Cl)CCO3)n2CCC1CCN(C(=O)CO)C1. The summed E-state index contributed by atoms with van der Waals surface area (Å²) in [5, 5.41) is 10.6. The number of carbonyl (C=O) groups excluding carboxylic acids is 1. The van der Waals surface area contributed by atoms with Crippen LogP contribution in [0.15, 0.2) is 34.4 Å². The molecule has 0 spiro atoms. The molecule has 1 aromatic carbocycles. The molecule has 1 saturated heterocycles. The zero-order valence-electron chi connectivity index (χ0n) is 17.5. The van der Waals surface area contributed by atoms with Crippen LogP contribution in [0, 0.1) is 5.92 Å². The predicted octanol–water partition coefficient (Wildman–Crippen LogP) is 2.98. The third-order valence-electron chi connectivity index (χ3n) is 6.14. The number of imidazole rings is 1. The smallest absolute Gasteiger partial charge is 0.248 e. The molecule has 5 rings (SSSR count). The van der Waals surface area contributed by atoms with Gasteiger partial charge in [0.2, 0.25) is 5.91 Å². The number of amides is 1. The molecule has 2 aliphatic rings. The molecule has 1 amide bonds. The number of hydrogen-bond donors (Lipinski definition) is 2. The highest BCUT2D eigenvalue weighted by molar-refractivity contribution is 7.99. The van der Waals surface area contributed by atoms with Crippen molar-refractivity contribution < 1.29 is 14.6 Å². The lowest BCUT2D eigenvalue weighted by atomic mass is 10.1. The van der Waals surface area contributed by atoms with Gasteiger partial charge in [-0.1, -0.05) is 11.6 Å². The number of benzene rings is 1. The molecule has 3 N–H and O–H groups in total.